The fourth-order valence-corrected chi connectivity index (χ4v) is 2.94. The first-order valence-electron chi connectivity index (χ1n) is 5.01. The Balaban J connectivity index is 2.58. The lowest BCUT2D eigenvalue weighted by Gasteiger charge is -2.05. The third kappa shape index (κ3) is 2.03. The highest BCUT2D eigenvalue weighted by atomic mass is 32.1. The van der Waals surface area contributed by atoms with Crippen LogP contribution in [0.4, 0.5) is 4.39 Å². The van der Waals surface area contributed by atoms with Gasteiger partial charge in [-0.05, 0) is 43.4 Å². The second kappa shape index (κ2) is 3.91. The SMILES string of the molecule is Cc1sc2cc(F)ccc2c1CC(C)N. The standard InChI is InChI=1S/C12H14FNS/c1-7(14)5-11-8(2)15-12-6-9(13)3-4-10(11)12/h3-4,6-7H,5,14H2,1-2H3. The highest BCUT2D eigenvalue weighted by Crippen LogP contribution is 2.31. The van der Waals surface area contributed by atoms with E-state index in [-0.39, 0.29) is 11.9 Å². The van der Waals surface area contributed by atoms with Gasteiger partial charge in [-0.2, -0.15) is 0 Å². The van der Waals surface area contributed by atoms with Crippen molar-refractivity contribution in [2.24, 2.45) is 5.73 Å². The number of fused-ring (bicyclic) bond motifs is 1. The molecule has 1 aromatic carbocycles. The molecule has 0 aliphatic heterocycles. The summed E-state index contributed by atoms with van der Waals surface area (Å²) in [5, 5.41) is 1.15. The molecule has 0 spiro atoms. The zero-order chi connectivity index (χ0) is 11.0. The molecule has 0 aliphatic carbocycles. The highest BCUT2D eigenvalue weighted by molar-refractivity contribution is 7.19. The van der Waals surface area contributed by atoms with E-state index in [0.717, 1.165) is 16.5 Å². The molecule has 3 heteroatoms. The maximum atomic E-state index is 13.0. The number of thiophene rings is 1. The van der Waals surface area contributed by atoms with E-state index in [2.05, 4.69) is 6.92 Å². The molecule has 0 aliphatic rings. The van der Waals surface area contributed by atoms with Gasteiger partial charge < -0.3 is 5.73 Å². The molecule has 0 saturated heterocycles. The molecule has 2 N–H and O–H groups in total. The first kappa shape index (κ1) is 10.6. The van der Waals surface area contributed by atoms with E-state index in [9.17, 15) is 4.39 Å². The predicted molar refractivity (Wildman–Crippen MR) is 63.9 cm³/mol. The lowest BCUT2D eigenvalue weighted by Crippen LogP contribution is -2.17. The average molecular weight is 223 g/mol. The molecule has 1 atom stereocenters. The maximum Gasteiger partial charge on any atom is 0.124 e. The van der Waals surface area contributed by atoms with Gasteiger partial charge in [-0.3, -0.25) is 0 Å². The molecular weight excluding hydrogens is 209 g/mol. The number of hydrogen-bond donors (Lipinski definition) is 1. The minimum Gasteiger partial charge on any atom is -0.328 e. The first-order chi connectivity index (χ1) is 7.08. The molecule has 1 heterocycles. The zero-order valence-electron chi connectivity index (χ0n) is 8.88. The zero-order valence-corrected chi connectivity index (χ0v) is 9.70. The Hall–Kier alpha value is -0.930. The molecule has 1 aromatic heterocycles. The fraction of sp³-hybridized carbons (Fsp3) is 0.333. The predicted octanol–water partition coefficient (Wildman–Crippen LogP) is 3.24. The Kier molecular flexibility index (Phi) is 2.76. The van der Waals surface area contributed by atoms with Crippen LogP contribution in [0, 0.1) is 12.7 Å². The van der Waals surface area contributed by atoms with Gasteiger partial charge in [0.1, 0.15) is 5.82 Å². The summed E-state index contributed by atoms with van der Waals surface area (Å²) in [7, 11) is 0. The molecule has 2 aromatic rings. The smallest absolute Gasteiger partial charge is 0.124 e. The maximum absolute atomic E-state index is 13.0. The van der Waals surface area contributed by atoms with Gasteiger partial charge in [0.15, 0.2) is 0 Å². The Labute approximate surface area is 92.7 Å². The van der Waals surface area contributed by atoms with Gasteiger partial charge in [0.25, 0.3) is 0 Å². The molecule has 1 nitrogen and oxygen atoms in total. The van der Waals surface area contributed by atoms with Crippen LogP contribution in [0.15, 0.2) is 18.2 Å². The molecular formula is C12H14FNS. The Morgan fingerprint density at radius 1 is 1.47 bits per heavy atom. The third-order valence-corrected chi connectivity index (χ3v) is 3.59. The molecule has 15 heavy (non-hydrogen) atoms. The van der Waals surface area contributed by atoms with E-state index in [1.807, 2.05) is 13.0 Å². The van der Waals surface area contributed by atoms with Crippen molar-refractivity contribution in [1.29, 1.82) is 0 Å². The fourth-order valence-electron chi connectivity index (χ4n) is 1.82. The highest BCUT2D eigenvalue weighted by Gasteiger charge is 2.10. The number of aryl methyl sites for hydroxylation is 1. The van der Waals surface area contributed by atoms with E-state index in [1.54, 1.807) is 17.4 Å². The van der Waals surface area contributed by atoms with Gasteiger partial charge in [0.05, 0.1) is 0 Å². The number of benzene rings is 1. The quantitative estimate of drug-likeness (QED) is 0.831. The molecule has 1 unspecified atom stereocenters. The first-order valence-corrected chi connectivity index (χ1v) is 5.82. The van der Waals surface area contributed by atoms with Crippen LogP contribution >= 0.6 is 11.3 Å². The summed E-state index contributed by atoms with van der Waals surface area (Å²) in [4.78, 5) is 1.24. The van der Waals surface area contributed by atoms with Crippen LogP contribution in [0.25, 0.3) is 10.1 Å². The van der Waals surface area contributed by atoms with Gasteiger partial charge in [-0.25, -0.2) is 4.39 Å². The second-order valence-electron chi connectivity index (χ2n) is 3.96. The van der Waals surface area contributed by atoms with E-state index in [1.165, 1.54) is 16.5 Å². The van der Waals surface area contributed by atoms with Gasteiger partial charge >= 0.3 is 0 Å². The van der Waals surface area contributed by atoms with Crippen molar-refractivity contribution < 1.29 is 4.39 Å². The Morgan fingerprint density at radius 2 is 2.20 bits per heavy atom. The summed E-state index contributed by atoms with van der Waals surface area (Å²) in [6.07, 6.45) is 0.859. The van der Waals surface area contributed by atoms with Gasteiger partial charge in [0, 0.05) is 15.6 Å². The van der Waals surface area contributed by atoms with Gasteiger partial charge in [-0.15, -0.1) is 11.3 Å². The number of nitrogens with two attached hydrogens (primary N) is 1. The lowest BCUT2D eigenvalue weighted by atomic mass is 10.0. The minimum absolute atomic E-state index is 0.145. The van der Waals surface area contributed by atoms with Crippen LogP contribution in [0.3, 0.4) is 0 Å². The lowest BCUT2D eigenvalue weighted by molar-refractivity contribution is 0.630. The van der Waals surface area contributed by atoms with Crippen LogP contribution in [0.5, 0.6) is 0 Å². The van der Waals surface area contributed by atoms with Crippen molar-refractivity contribution >= 4 is 21.4 Å². The summed E-state index contributed by atoms with van der Waals surface area (Å²) < 4.78 is 14.0. The largest absolute Gasteiger partial charge is 0.328 e. The molecule has 0 fully saturated rings. The van der Waals surface area contributed by atoms with E-state index in [4.69, 9.17) is 5.73 Å². The van der Waals surface area contributed by atoms with Crippen LogP contribution < -0.4 is 5.73 Å². The molecule has 0 radical (unpaired) electrons. The molecule has 0 bridgehead atoms. The van der Waals surface area contributed by atoms with E-state index < -0.39 is 0 Å². The summed E-state index contributed by atoms with van der Waals surface area (Å²) in [6.45, 7) is 4.06. The molecule has 0 saturated carbocycles. The Morgan fingerprint density at radius 3 is 2.87 bits per heavy atom. The number of rotatable bonds is 2. The summed E-state index contributed by atoms with van der Waals surface area (Å²) in [6, 6.07) is 5.11. The van der Waals surface area contributed by atoms with E-state index >= 15 is 0 Å². The summed E-state index contributed by atoms with van der Waals surface area (Å²) in [5.74, 6) is -0.170. The van der Waals surface area contributed by atoms with Crippen molar-refractivity contribution in [3.8, 4) is 0 Å². The van der Waals surface area contributed by atoms with Crippen LogP contribution in [0.2, 0.25) is 0 Å². The van der Waals surface area contributed by atoms with Crippen molar-refractivity contribution in [3.05, 3.63) is 34.5 Å². The molecule has 2 rings (SSSR count). The average Bonchev–Trinajstić information content (AvgIpc) is 2.41. The van der Waals surface area contributed by atoms with Crippen molar-refractivity contribution in [3.63, 3.8) is 0 Å². The van der Waals surface area contributed by atoms with Crippen LogP contribution in [-0.2, 0) is 6.42 Å². The van der Waals surface area contributed by atoms with Crippen molar-refractivity contribution in [2.75, 3.05) is 0 Å². The molecule has 80 valence electrons. The second-order valence-corrected chi connectivity index (χ2v) is 5.22. The number of halogens is 1. The monoisotopic (exact) mass is 223 g/mol. The van der Waals surface area contributed by atoms with Crippen molar-refractivity contribution in [2.45, 2.75) is 26.3 Å². The topological polar surface area (TPSA) is 26.0 Å². The summed E-state index contributed by atoms with van der Waals surface area (Å²) >= 11 is 1.64. The van der Waals surface area contributed by atoms with Gasteiger partial charge in [-0.1, -0.05) is 6.07 Å². The Bertz CT molecular complexity index is 488. The summed E-state index contributed by atoms with van der Waals surface area (Å²) in [5.41, 5.74) is 7.07. The third-order valence-electron chi connectivity index (χ3n) is 2.48. The van der Waals surface area contributed by atoms with Gasteiger partial charge in [0.2, 0.25) is 0 Å². The normalized spacial score (nSPS) is 13.3. The van der Waals surface area contributed by atoms with Crippen molar-refractivity contribution in [1.82, 2.24) is 0 Å². The van der Waals surface area contributed by atoms with Crippen LogP contribution in [0.1, 0.15) is 17.4 Å². The minimum atomic E-state index is -0.170. The van der Waals surface area contributed by atoms with Crippen LogP contribution in [-0.4, -0.2) is 6.04 Å². The number of hydrogen-bond acceptors (Lipinski definition) is 2. The van der Waals surface area contributed by atoms with E-state index in [0.29, 0.717) is 0 Å². The molecule has 0 amide bonds.